The molecule has 1 aliphatic rings. The fourth-order valence-electron chi connectivity index (χ4n) is 1.70. The van der Waals surface area contributed by atoms with E-state index >= 15 is 0 Å². The van der Waals surface area contributed by atoms with Crippen LogP contribution in [0.15, 0.2) is 11.6 Å². The van der Waals surface area contributed by atoms with Crippen LogP contribution in [0.5, 0.6) is 0 Å². The highest BCUT2D eigenvalue weighted by Crippen LogP contribution is 2.13. The number of amides is 1. The van der Waals surface area contributed by atoms with Gasteiger partial charge in [-0.2, -0.15) is 0 Å². The lowest BCUT2D eigenvalue weighted by atomic mass is 10.2. The van der Waals surface area contributed by atoms with E-state index in [9.17, 15) is 4.79 Å². The molecule has 1 amide bonds. The number of hydrogen-bond acceptors (Lipinski definition) is 2. The fraction of sp³-hybridized carbons (Fsp3) is 0.700. The fourth-order valence-corrected chi connectivity index (χ4v) is 1.70. The van der Waals surface area contributed by atoms with E-state index in [1.807, 2.05) is 6.08 Å². The van der Waals surface area contributed by atoms with Crippen LogP contribution in [0.4, 0.5) is 0 Å². The molecule has 1 saturated heterocycles. The third-order valence-electron chi connectivity index (χ3n) is 2.60. The van der Waals surface area contributed by atoms with Crippen molar-refractivity contribution in [2.24, 2.45) is 5.73 Å². The Morgan fingerprint density at radius 2 is 2.00 bits per heavy atom. The lowest BCUT2D eigenvalue weighted by Gasteiger charge is -2.20. The van der Waals surface area contributed by atoms with Gasteiger partial charge in [0.25, 0.3) is 0 Å². The van der Waals surface area contributed by atoms with Gasteiger partial charge in [0, 0.05) is 11.6 Å². The van der Waals surface area contributed by atoms with E-state index in [2.05, 4.69) is 11.8 Å². The molecule has 0 aliphatic carbocycles. The summed E-state index contributed by atoms with van der Waals surface area (Å²) in [5.74, 6) is -0.314. The van der Waals surface area contributed by atoms with E-state index in [1.54, 1.807) is 6.92 Å². The Balaban J connectivity index is 2.51. The third-order valence-corrected chi connectivity index (χ3v) is 2.60. The van der Waals surface area contributed by atoms with E-state index in [1.165, 1.54) is 12.8 Å². The van der Waals surface area contributed by atoms with Gasteiger partial charge in [-0.3, -0.25) is 9.69 Å². The zero-order valence-corrected chi connectivity index (χ0v) is 8.42. The molecule has 1 heterocycles. The first-order valence-electron chi connectivity index (χ1n) is 4.83. The molecule has 74 valence electrons. The van der Waals surface area contributed by atoms with Gasteiger partial charge in [0.1, 0.15) is 0 Å². The molecular formula is C10H18N2O. The molecule has 3 nitrogen and oxygen atoms in total. The molecule has 0 radical (unpaired) electrons. The Kier molecular flexibility index (Phi) is 3.48. The van der Waals surface area contributed by atoms with Crippen molar-refractivity contribution in [3.05, 3.63) is 11.6 Å². The summed E-state index contributed by atoms with van der Waals surface area (Å²) in [6.07, 6.45) is 4.50. The number of hydrogen-bond donors (Lipinski definition) is 1. The van der Waals surface area contributed by atoms with Gasteiger partial charge in [0.2, 0.25) is 5.91 Å². The van der Waals surface area contributed by atoms with E-state index in [0.717, 1.165) is 13.1 Å². The minimum absolute atomic E-state index is 0.314. The molecule has 1 aliphatic heterocycles. The van der Waals surface area contributed by atoms with E-state index in [0.29, 0.717) is 11.6 Å². The predicted octanol–water partition coefficient (Wildman–Crippen LogP) is 0.902. The van der Waals surface area contributed by atoms with Gasteiger partial charge in [-0.25, -0.2) is 0 Å². The minimum Gasteiger partial charge on any atom is -0.366 e. The summed E-state index contributed by atoms with van der Waals surface area (Å²) >= 11 is 0. The number of likely N-dealkylation sites (tertiary alicyclic amines) is 1. The molecule has 1 atom stereocenters. The summed E-state index contributed by atoms with van der Waals surface area (Å²) in [4.78, 5) is 13.2. The molecule has 0 spiro atoms. The van der Waals surface area contributed by atoms with Gasteiger partial charge in [-0.05, 0) is 39.8 Å². The van der Waals surface area contributed by atoms with Gasteiger partial charge < -0.3 is 5.73 Å². The Bertz CT molecular complexity index is 217. The van der Waals surface area contributed by atoms with Crippen LogP contribution in [0, 0.1) is 0 Å². The molecule has 0 saturated carbocycles. The van der Waals surface area contributed by atoms with Crippen LogP contribution >= 0.6 is 0 Å². The summed E-state index contributed by atoms with van der Waals surface area (Å²) in [6, 6.07) is 0.343. The maximum Gasteiger partial charge on any atom is 0.244 e. The normalized spacial score (nSPS) is 21.8. The summed E-state index contributed by atoms with van der Waals surface area (Å²) < 4.78 is 0. The zero-order valence-electron chi connectivity index (χ0n) is 8.42. The van der Waals surface area contributed by atoms with Crippen molar-refractivity contribution in [1.82, 2.24) is 4.90 Å². The van der Waals surface area contributed by atoms with Gasteiger partial charge in [0.15, 0.2) is 0 Å². The smallest absolute Gasteiger partial charge is 0.244 e. The van der Waals surface area contributed by atoms with Crippen molar-refractivity contribution in [3.8, 4) is 0 Å². The molecule has 1 rings (SSSR count). The van der Waals surface area contributed by atoms with E-state index in [-0.39, 0.29) is 5.91 Å². The molecule has 0 bridgehead atoms. The largest absolute Gasteiger partial charge is 0.366 e. The molecular weight excluding hydrogens is 164 g/mol. The number of nitrogens with zero attached hydrogens (tertiary/aromatic N) is 1. The predicted molar refractivity (Wildman–Crippen MR) is 53.2 cm³/mol. The highest BCUT2D eigenvalue weighted by atomic mass is 16.1. The molecule has 0 aromatic rings. The third kappa shape index (κ3) is 2.84. The molecule has 0 aromatic carbocycles. The Morgan fingerprint density at radius 1 is 1.46 bits per heavy atom. The highest BCUT2D eigenvalue weighted by Gasteiger charge is 2.16. The number of carbonyl (C=O) groups is 1. The topological polar surface area (TPSA) is 46.3 Å². The summed E-state index contributed by atoms with van der Waals surface area (Å²) in [5.41, 5.74) is 5.82. The summed E-state index contributed by atoms with van der Waals surface area (Å²) in [6.45, 7) is 6.17. The first kappa shape index (κ1) is 10.3. The molecule has 3 heteroatoms. The second-order valence-electron chi connectivity index (χ2n) is 3.70. The number of carbonyl (C=O) groups excluding carboxylic acids is 1. The van der Waals surface area contributed by atoms with E-state index in [4.69, 9.17) is 5.73 Å². The van der Waals surface area contributed by atoms with Gasteiger partial charge >= 0.3 is 0 Å². The number of nitrogens with two attached hydrogens (primary N) is 1. The monoisotopic (exact) mass is 182 g/mol. The summed E-state index contributed by atoms with van der Waals surface area (Å²) in [5, 5.41) is 0. The molecule has 0 aromatic heterocycles. The van der Waals surface area contributed by atoms with Crippen molar-refractivity contribution in [3.63, 3.8) is 0 Å². The van der Waals surface area contributed by atoms with Crippen LogP contribution in [0.3, 0.4) is 0 Å². The Hall–Kier alpha value is -0.830. The van der Waals surface area contributed by atoms with Crippen molar-refractivity contribution in [1.29, 1.82) is 0 Å². The van der Waals surface area contributed by atoms with Crippen molar-refractivity contribution < 1.29 is 4.79 Å². The first-order valence-corrected chi connectivity index (χ1v) is 4.83. The van der Waals surface area contributed by atoms with Crippen molar-refractivity contribution in [2.75, 3.05) is 13.1 Å². The van der Waals surface area contributed by atoms with Crippen LogP contribution in [-0.4, -0.2) is 29.9 Å². The van der Waals surface area contributed by atoms with Crippen LogP contribution in [0.1, 0.15) is 26.7 Å². The summed E-state index contributed by atoms with van der Waals surface area (Å²) in [7, 11) is 0. The maximum atomic E-state index is 10.8. The SMILES string of the molecule is CC(=CC(C)N1CCCC1)C(N)=O. The van der Waals surface area contributed by atoms with Gasteiger partial charge in [0.05, 0.1) is 0 Å². The van der Waals surface area contributed by atoms with Gasteiger partial charge in [-0.1, -0.05) is 6.08 Å². The zero-order chi connectivity index (χ0) is 9.84. The first-order chi connectivity index (χ1) is 6.11. The molecule has 13 heavy (non-hydrogen) atoms. The van der Waals surface area contributed by atoms with Crippen LogP contribution < -0.4 is 5.73 Å². The van der Waals surface area contributed by atoms with Crippen LogP contribution in [0.2, 0.25) is 0 Å². The van der Waals surface area contributed by atoms with Crippen LogP contribution in [0.25, 0.3) is 0 Å². The van der Waals surface area contributed by atoms with Crippen molar-refractivity contribution >= 4 is 5.91 Å². The average molecular weight is 182 g/mol. The lowest BCUT2D eigenvalue weighted by molar-refractivity contribution is -0.114. The van der Waals surface area contributed by atoms with E-state index < -0.39 is 0 Å². The number of rotatable bonds is 3. The molecule has 1 unspecified atom stereocenters. The molecule has 1 fully saturated rings. The quantitative estimate of drug-likeness (QED) is 0.659. The van der Waals surface area contributed by atoms with Crippen molar-refractivity contribution in [2.45, 2.75) is 32.7 Å². The highest BCUT2D eigenvalue weighted by molar-refractivity contribution is 5.91. The average Bonchev–Trinajstić information content (AvgIpc) is 2.55. The lowest BCUT2D eigenvalue weighted by Crippen LogP contribution is -2.29. The second kappa shape index (κ2) is 4.42. The Morgan fingerprint density at radius 3 is 2.46 bits per heavy atom. The second-order valence-corrected chi connectivity index (χ2v) is 3.70. The standard InChI is InChI=1S/C10H18N2O/c1-8(10(11)13)7-9(2)12-5-3-4-6-12/h7,9H,3-6H2,1-2H3,(H2,11,13). The molecule has 2 N–H and O–H groups in total. The number of primary amides is 1. The van der Waals surface area contributed by atoms with Gasteiger partial charge in [-0.15, -0.1) is 0 Å². The van der Waals surface area contributed by atoms with Crippen LogP contribution in [-0.2, 0) is 4.79 Å². The Labute approximate surface area is 79.6 Å². The maximum absolute atomic E-state index is 10.8. The minimum atomic E-state index is -0.314.